The van der Waals surface area contributed by atoms with Crippen molar-refractivity contribution in [3.63, 3.8) is 0 Å². The largest absolute Gasteiger partial charge is 0.339 e. The number of hydrogen-bond acceptors (Lipinski definition) is 3. The first-order valence-corrected chi connectivity index (χ1v) is 6.78. The second kappa shape index (κ2) is 5.75. The van der Waals surface area contributed by atoms with E-state index in [1.165, 1.54) is 0 Å². The van der Waals surface area contributed by atoms with Gasteiger partial charge in [-0.1, -0.05) is 11.6 Å². The van der Waals surface area contributed by atoms with Crippen LogP contribution in [0.15, 0.2) is 6.08 Å². The Morgan fingerprint density at radius 3 is 2.63 bits per heavy atom. The van der Waals surface area contributed by atoms with Gasteiger partial charge in [0.25, 0.3) is 0 Å². The van der Waals surface area contributed by atoms with Crippen molar-refractivity contribution in [1.82, 2.24) is 14.7 Å². The molecule has 0 bridgehead atoms. The molecule has 1 fully saturated rings. The Kier molecular flexibility index (Phi) is 4.27. The molecule has 0 unspecified atom stereocenters. The zero-order chi connectivity index (χ0) is 14.0. The summed E-state index contributed by atoms with van der Waals surface area (Å²) in [6, 6.07) is 0.225. The molecule has 2 N–H and O–H groups in total. The highest BCUT2D eigenvalue weighted by atomic mass is 35.5. The van der Waals surface area contributed by atoms with Crippen LogP contribution >= 0.6 is 11.6 Å². The minimum atomic E-state index is 0.00576. The molecule has 6 heteroatoms. The molecular weight excluding hydrogens is 264 g/mol. The van der Waals surface area contributed by atoms with Crippen LogP contribution in [0, 0.1) is 6.92 Å². The zero-order valence-electron chi connectivity index (χ0n) is 11.3. The Balaban J connectivity index is 2.04. The Hall–Kier alpha value is -1.33. The molecule has 1 saturated heterocycles. The Bertz CT molecular complexity index is 501. The van der Waals surface area contributed by atoms with Crippen molar-refractivity contribution in [3.8, 4) is 0 Å². The molecule has 19 heavy (non-hydrogen) atoms. The first-order valence-electron chi connectivity index (χ1n) is 6.40. The van der Waals surface area contributed by atoms with Crippen molar-refractivity contribution in [2.75, 3.05) is 13.1 Å². The van der Waals surface area contributed by atoms with Crippen LogP contribution in [-0.2, 0) is 11.8 Å². The molecule has 1 aliphatic rings. The van der Waals surface area contributed by atoms with E-state index in [1.807, 2.05) is 11.8 Å². The molecule has 104 valence electrons. The van der Waals surface area contributed by atoms with Gasteiger partial charge in [0.2, 0.25) is 5.91 Å². The number of amides is 1. The van der Waals surface area contributed by atoms with Crippen LogP contribution in [-0.4, -0.2) is 39.7 Å². The average Bonchev–Trinajstić information content (AvgIpc) is 2.62. The van der Waals surface area contributed by atoms with Gasteiger partial charge in [-0.15, -0.1) is 0 Å². The highest BCUT2D eigenvalue weighted by Crippen LogP contribution is 2.20. The van der Waals surface area contributed by atoms with Crippen molar-refractivity contribution in [2.45, 2.75) is 25.8 Å². The van der Waals surface area contributed by atoms with Gasteiger partial charge in [-0.3, -0.25) is 9.48 Å². The third-order valence-corrected chi connectivity index (χ3v) is 3.89. The summed E-state index contributed by atoms with van der Waals surface area (Å²) in [5.74, 6) is 0.00576. The number of aromatic nitrogens is 2. The fraction of sp³-hybridized carbons (Fsp3) is 0.538. The standard InChI is InChI=1S/C13H19ClN4O/c1-9-11(13(14)17(2)16-9)3-4-12(19)18-7-5-10(15)6-8-18/h3-4,10H,5-8,15H2,1-2H3/b4-3+. The SMILES string of the molecule is Cc1nn(C)c(Cl)c1/C=C/C(=O)N1CCC(N)CC1. The summed E-state index contributed by atoms with van der Waals surface area (Å²) < 4.78 is 1.60. The Labute approximate surface area is 118 Å². The number of aryl methyl sites for hydroxylation is 2. The number of piperidine rings is 1. The predicted molar refractivity (Wildman–Crippen MR) is 75.8 cm³/mol. The van der Waals surface area contributed by atoms with Gasteiger partial charge >= 0.3 is 0 Å². The lowest BCUT2D eigenvalue weighted by Gasteiger charge is -2.29. The number of nitrogens with zero attached hydrogens (tertiary/aromatic N) is 3. The number of carbonyl (C=O) groups is 1. The van der Waals surface area contributed by atoms with Crippen molar-refractivity contribution >= 4 is 23.6 Å². The van der Waals surface area contributed by atoms with Gasteiger partial charge in [0.15, 0.2) is 0 Å². The Morgan fingerprint density at radius 2 is 2.11 bits per heavy atom. The molecule has 2 rings (SSSR count). The van der Waals surface area contributed by atoms with E-state index in [1.54, 1.807) is 23.9 Å². The molecule has 0 saturated carbocycles. The maximum Gasteiger partial charge on any atom is 0.246 e. The number of likely N-dealkylation sites (tertiary alicyclic amines) is 1. The summed E-state index contributed by atoms with van der Waals surface area (Å²) in [5.41, 5.74) is 7.43. The van der Waals surface area contributed by atoms with Crippen molar-refractivity contribution in [2.24, 2.45) is 12.8 Å². The zero-order valence-corrected chi connectivity index (χ0v) is 12.0. The molecule has 1 aromatic rings. The van der Waals surface area contributed by atoms with Crippen molar-refractivity contribution in [3.05, 3.63) is 22.5 Å². The fourth-order valence-electron chi connectivity index (χ4n) is 2.22. The lowest BCUT2D eigenvalue weighted by molar-refractivity contribution is -0.126. The van der Waals surface area contributed by atoms with Gasteiger partial charge < -0.3 is 10.6 Å². The van der Waals surface area contributed by atoms with Gasteiger partial charge in [-0.25, -0.2) is 0 Å². The molecule has 0 atom stereocenters. The molecule has 1 aliphatic heterocycles. The van der Waals surface area contributed by atoms with E-state index in [0.717, 1.165) is 37.2 Å². The van der Waals surface area contributed by atoms with E-state index in [4.69, 9.17) is 17.3 Å². The van der Waals surface area contributed by atoms with Crippen LogP contribution in [0.1, 0.15) is 24.1 Å². The van der Waals surface area contributed by atoms with Crippen molar-refractivity contribution in [1.29, 1.82) is 0 Å². The molecule has 1 amide bonds. The van der Waals surface area contributed by atoms with Crippen LogP contribution < -0.4 is 5.73 Å². The molecule has 2 heterocycles. The van der Waals surface area contributed by atoms with Gasteiger partial charge in [0.1, 0.15) is 5.15 Å². The molecular formula is C13H19ClN4O. The minimum Gasteiger partial charge on any atom is -0.339 e. The van der Waals surface area contributed by atoms with Crippen LogP contribution in [0.4, 0.5) is 0 Å². The minimum absolute atomic E-state index is 0.00576. The third-order valence-electron chi connectivity index (χ3n) is 3.44. The summed E-state index contributed by atoms with van der Waals surface area (Å²) >= 11 is 6.11. The normalized spacial score (nSPS) is 17.4. The third kappa shape index (κ3) is 3.16. The number of nitrogens with two attached hydrogens (primary N) is 1. The van der Waals surface area contributed by atoms with Crippen LogP contribution in [0.5, 0.6) is 0 Å². The number of halogens is 1. The van der Waals surface area contributed by atoms with Crippen molar-refractivity contribution < 1.29 is 4.79 Å². The molecule has 0 spiro atoms. The molecule has 0 aromatic carbocycles. The number of hydrogen-bond donors (Lipinski definition) is 1. The lowest BCUT2D eigenvalue weighted by atomic mass is 10.1. The molecule has 0 aliphatic carbocycles. The number of carbonyl (C=O) groups excluding carboxylic acids is 1. The molecule has 5 nitrogen and oxygen atoms in total. The van der Waals surface area contributed by atoms with E-state index in [0.29, 0.717) is 5.15 Å². The van der Waals surface area contributed by atoms with E-state index >= 15 is 0 Å². The number of rotatable bonds is 2. The maximum absolute atomic E-state index is 12.0. The monoisotopic (exact) mass is 282 g/mol. The highest BCUT2D eigenvalue weighted by Gasteiger charge is 2.19. The van der Waals surface area contributed by atoms with E-state index in [9.17, 15) is 4.79 Å². The van der Waals surface area contributed by atoms with Crippen LogP contribution in [0.25, 0.3) is 6.08 Å². The predicted octanol–water partition coefficient (Wildman–Crippen LogP) is 1.34. The molecule has 1 aromatic heterocycles. The summed E-state index contributed by atoms with van der Waals surface area (Å²) in [7, 11) is 1.78. The maximum atomic E-state index is 12.0. The van der Waals surface area contributed by atoms with Crippen LogP contribution in [0.3, 0.4) is 0 Å². The van der Waals surface area contributed by atoms with Crippen LogP contribution in [0.2, 0.25) is 5.15 Å². The summed E-state index contributed by atoms with van der Waals surface area (Å²) in [4.78, 5) is 13.9. The topological polar surface area (TPSA) is 64.2 Å². The molecule has 0 radical (unpaired) electrons. The second-order valence-electron chi connectivity index (χ2n) is 4.91. The van der Waals surface area contributed by atoms with E-state index < -0.39 is 0 Å². The first-order chi connectivity index (χ1) is 8.99. The highest BCUT2D eigenvalue weighted by molar-refractivity contribution is 6.31. The quantitative estimate of drug-likeness (QED) is 0.833. The second-order valence-corrected chi connectivity index (χ2v) is 5.27. The van der Waals surface area contributed by atoms with Gasteiger partial charge in [-0.2, -0.15) is 5.10 Å². The van der Waals surface area contributed by atoms with E-state index in [2.05, 4.69) is 5.10 Å². The first kappa shape index (κ1) is 14.1. The Morgan fingerprint density at radius 1 is 1.47 bits per heavy atom. The smallest absolute Gasteiger partial charge is 0.246 e. The van der Waals surface area contributed by atoms with E-state index in [-0.39, 0.29) is 11.9 Å². The lowest BCUT2D eigenvalue weighted by Crippen LogP contribution is -2.42. The summed E-state index contributed by atoms with van der Waals surface area (Å²) in [6.45, 7) is 3.32. The van der Waals surface area contributed by atoms with Gasteiger partial charge in [0, 0.05) is 37.8 Å². The summed E-state index contributed by atoms with van der Waals surface area (Å²) in [5, 5.41) is 4.75. The summed E-state index contributed by atoms with van der Waals surface area (Å²) in [6.07, 6.45) is 5.03. The van der Waals surface area contributed by atoms with Gasteiger partial charge in [-0.05, 0) is 25.8 Å². The van der Waals surface area contributed by atoms with Gasteiger partial charge in [0.05, 0.1) is 5.69 Å². The average molecular weight is 283 g/mol. The fourth-order valence-corrected chi connectivity index (χ4v) is 2.45.